The molecule has 0 aliphatic heterocycles. The standard InChI is InChI=1S/C21H19N3O4/c1-26-18-6-4-3-5-14(18)10-17(24-13-22-12-23-24)20(25)16-9-15-7-8-28-21(15)19(11-16)27-2/h3-9,11-13,25H,10H2,1-2H3. The van der Waals surface area contributed by atoms with E-state index >= 15 is 0 Å². The van der Waals surface area contributed by atoms with Crippen molar-refractivity contribution in [3.8, 4) is 11.5 Å². The van der Waals surface area contributed by atoms with Crippen LogP contribution in [0.25, 0.3) is 22.4 Å². The molecule has 0 spiro atoms. The zero-order valence-corrected chi connectivity index (χ0v) is 15.5. The number of hydrogen-bond acceptors (Lipinski definition) is 6. The van der Waals surface area contributed by atoms with Crippen molar-refractivity contribution >= 4 is 22.4 Å². The molecule has 0 aliphatic carbocycles. The number of furan rings is 1. The van der Waals surface area contributed by atoms with Gasteiger partial charge in [-0.3, -0.25) is 0 Å². The number of allylic oxidation sites excluding steroid dienone is 1. The summed E-state index contributed by atoms with van der Waals surface area (Å²) in [5.41, 5.74) is 2.70. The fourth-order valence-electron chi connectivity index (χ4n) is 3.15. The lowest BCUT2D eigenvalue weighted by Crippen LogP contribution is -2.06. The fraction of sp³-hybridized carbons (Fsp3) is 0.143. The second-order valence-electron chi connectivity index (χ2n) is 6.14. The highest BCUT2D eigenvalue weighted by Crippen LogP contribution is 2.33. The lowest BCUT2D eigenvalue weighted by molar-refractivity contribution is 0.409. The Morgan fingerprint density at radius 1 is 1.11 bits per heavy atom. The number of aliphatic hydroxyl groups is 1. The van der Waals surface area contributed by atoms with E-state index in [0.717, 1.165) is 16.7 Å². The molecular formula is C21H19N3O4. The van der Waals surface area contributed by atoms with Crippen molar-refractivity contribution in [2.45, 2.75) is 6.42 Å². The summed E-state index contributed by atoms with van der Waals surface area (Å²) in [6, 6.07) is 13.1. The zero-order chi connectivity index (χ0) is 19.5. The predicted molar refractivity (Wildman–Crippen MR) is 105 cm³/mol. The third-order valence-corrected chi connectivity index (χ3v) is 4.53. The van der Waals surface area contributed by atoms with Crippen molar-refractivity contribution in [2.75, 3.05) is 14.2 Å². The molecule has 4 rings (SSSR count). The van der Waals surface area contributed by atoms with Crippen LogP contribution in [-0.4, -0.2) is 34.1 Å². The molecule has 0 atom stereocenters. The number of methoxy groups -OCH3 is 2. The molecule has 2 heterocycles. The average Bonchev–Trinajstić information content (AvgIpc) is 3.42. The highest BCUT2D eigenvalue weighted by Gasteiger charge is 2.17. The van der Waals surface area contributed by atoms with Crippen LogP contribution in [0.15, 0.2) is 65.8 Å². The van der Waals surface area contributed by atoms with E-state index < -0.39 is 0 Å². The Morgan fingerprint density at radius 3 is 2.68 bits per heavy atom. The van der Waals surface area contributed by atoms with Gasteiger partial charge >= 0.3 is 0 Å². The number of benzene rings is 2. The van der Waals surface area contributed by atoms with Gasteiger partial charge in [0.05, 0.1) is 26.2 Å². The summed E-state index contributed by atoms with van der Waals surface area (Å²) in [5, 5.41) is 16.2. The van der Waals surface area contributed by atoms with Crippen molar-refractivity contribution in [1.29, 1.82) is 0 Å². The lowest BCUT2D eigenvalue weighted by atomic mass is 10.0. The van der Waals surface area contributed by atoms with Crippen LogP contribution in [0.3, 0.4) is 0 Å². The van der Waals surface area contributed by atoms with Gasteiger partial charge in [0.25, 0.3) is 0 Å². The molecule has 0 amide bonds. The minimum Gasteiger partial charge on any atom is -0.505 e. The molecule has 7 nitrogen and oxygen atoms in total. The number of aromatic nitrogens is 3. The van der Waals surface area contributed by atoms with Crippen LogP contribution in [0.2, 0.25) is 0 Å². The van der Waals surface area contributed by atoms with Crippen LogP contribution in [0, 0.1) is 0 Å². The van der Waals surface area contributed by atoms with Crippen LogP contribution >= 0.6 is 0 Å². The molecule has 28 heavy (non-hydrogen) atoms. The summed E-state index contributed by atoms with van der Waals surface area (Å²) in [6.45, 7) is 0. The molecule has 0 fully saturated rings. The van der Waals surface area contributed by atoms with Crippen LogP contribution in [0.5, 0.6) is 11.5 Å². The number of fused-ring (bicyclic) bond motifs is 1. The van der Waals surface area contributed by atoms with Crippen molar-refractivity contribution in [1.82, 2.24) is 14.8 Å². The maximum atomic E-state index is 11.2. The van der Waals surface area contributed by atoms with Crippen LogP contribution in [0.1, 0.15) is 11.1 Å². The summed E-state index contributed by atoms with van der Waals surface area (Å²) in [4.78, 5) is 4.01. The van der Waals surface area contributed by atoms with Gasteiger partial charge in [-0.25, -0.2) is 9.67 Å². The van der Waals surface area contributed by atoms with E-state index in [4.69, 9.17) is 13.9 Å². The van der Waals surface area contributed by atoms with Gasteiger partial charge in [0, 0.05) is 22.9 Å². The number of nitrogens with zero attached hydrogens (tertiary/aromatic N) is 3. The number of para-hydroxylation sites is 1. The minimum atomic E-state index is 0.0674. The number of ether oxygens (including phenoxy) is 2. The Morgan fingerprint density at radius 2 is 1.93 bits per heavy atom. The molecule has 4 aromatic rings. The predicted octanol–water partition coefficient (Wildman–Crippen LogP) is 4.17. The van der Waals surface area contributed by atoms with Gasteiger partial charge in [0.15, 0.2) is 11.3 Å². The van der Waals surface area contributed by atoms with Crippen LogP contribution < -0.4 is 9.47 Å². The van der Waals surface area contributed by atoms with Crippen LogP contribution in [-0.2, 0) is 6.42 Å². The van der Waals surface area contributed by atoms with E-state index in [1.165, 1.54) is 6.33 Å². The second kappa shape index (κ2) is 7.48. The molecule has 142 valence electrons. The molecule has 0 aliphatic rings. The van der Waals surface area contributed by atoms with E-state index in [2.05, 4.69) is 10.1 Å². The van der Waals surface area contributed by atoms with Crippen LogP contribution in [0.4, 0.5) is 0 Å². The topological polar surface area (TPSA) is 82.5 Å². The minimum absolute atomic E-state index is 0.0674. The number of hydrogen-bond donors (Lipinski definition) is 1. The highest BCUT2D eigenvalue weighted by atomic mass is 16.5. The van der Waals surface area contributed by atoms with Crippen molar-refractivity contribution < 1.29 is 19.0 Å². The van der Waals surface area contributed by atoms with E-state index in [1.54, 1.807) is 37.6 Å². The first-order valence-corrected chi connectivity index (χ1v) is 8.66. The Hall–Kier alpha value is -3.74. The molecule has 7 heteroatoms. The fourth-order valence-corrected chi connectivity index (χ4v) is 3.15. The van der Waals surface area contributed by atoms with E-state index in [1.807, 2.05) is 36.4 Å². The van der Waals surface area contributed by atoms with Gasteiger partial charge in [0.2, 0.25) is 0 Å². The normalized spacial score (nSPS) is 12.1. The average molecular weight is 377 g/mol. The van der Waals surface area contributed by atoms with Crippen molar-refractivity contribution in [3.63, 3.8) is 0 Å². The summed E-state index contributed by atoms with van der Waals surface area (Å²) in [6.07, 6.45) is 4.96. The van der Waals surface area contributed by atoms with Crippen molar-refractivity contribution in [3.05, 3.63) is 72.5 Å². The molecule has 2 aromatic carbocycles. The molecular weight excluding hydrogens is 358 g/mol. The van der Waals surface area contributed by atoms with E-state index in [9.17, 15) is 5.11 Å². The van der Waals surface area contributed by atoms with Gasteiger partial charge in [-0.1, -0.05) is 18.2 Å². The molecule has 0 bridgehead atoms. The number of aliphatic hydroxyl groups excluding tert-OH is 1. The number of rotatable bonds is 6. The first-order chi connectivity index (χ1) is 13.7. The summed E-state index contributed by atoms with van der Waals surface area (Å²) in [7, 11) is 3.18. The highest BCUT2D eigenvalue weighted by molar-refractivity contribution is 5.89. The van der Waals surface area contributed by atoms with Gasteiger partial charge in [-0.2, -0.15) is 5.10 Å². The smallest absolute Gasteiger partial charge is 0.175 e. The Labute approximate surface area is 161 Å². The Balaban J connectivity index is 1.87. The SMILES string of the molecule is COc1ccccc1CC(=C(O)c1cc(OC)c2occc2c1)n1cncn1. The first-order valence-electron chi connectivity index (χ1n) is 8.66. The summed E-state index contributed by atoms with van der Waals surface area (Å²) >= 11 is 0. The monoisotopic (exact) mass is 377 g/mol. The molecule has 2 aromatic heterocycles. The molecule has 0 unspecified atom stereocenters. The van der Waals surface area contributed by atoms with Gasteiger partial charge in [-0.15, -0.1) is 0 Å². The van der Waals surface area contributed by atoms with Crippen molar-refractivity contribution in [2.24, 2.45) is 0 Å². The third-order valence-electron chi connectivity index (χ3n) is 4.53. The largest absolute Gasteiger partial charge is 0.505 e. The summed E-state index contributed by atoms with van der Waals surface area (Å²) < 4.78 is 17.9. The maximum Gasteiger partial charge on any atom is 0.175 e. The van der Waals surface area contributed by atoms with E-state index in [0.29, 0.717) is 29.0 Å². The molecule has 0 radical (unpaired) electrons. The zero-order valence-electron chi connectivity index (χ0n) is 15.5. The van der Waals surface area contributed by atoms with E-state index in [-0.39, 0.29) is 5.76 Å². The first kappa shape index (κ1) is 17.7. The molecule has 0 saturated carbocycles. The van der Waals surface area contributed by atoms with Gasteiger partial charge in [0.1, 0.15) is 24.2 Å². The Bertz CT molecular complexity index is 1130. The molecule has 1 N–H and O–H groups in total. The summed E-state index contributed by atoms with van der Waals surface area (Å²) in [5.74, 6) is 1.34. The lowest BCUT2D eigenvalue weighted by Gasteiger charge is -2.14. The Kier molecular flexibility index (Phi) is 4.72. The second-order valence-corrected chi connectivity index (χ2v) is 6.14. The van der Waals surface area contributed by atoms with Gasteiger partial charge < -0.3 is 19.0 Å². The maximum absolute atomic E-state index is 11.2. The van der Waals surface area contributed by atoms with Gasteiger partial charge in [-0.05, 0) is 24.3 Å². The third kappa shape index (κ3) is 3.18. The quantitative estimate of drug-likeness (QED) is 0.508. The molecule has 0 saturated heterocycles.